The molecule has 3 rings (SSSR count). The number of fused-ring (bicyclic) bond motifs is 1. The first-order chi connectivity index (χ1) is 11.7. The number of hydrogen-bond donors (Lipinski definition) is 0. The maximum Gasteiger partial charge on any atom is 0.107 e. The molecule has 0 bridgehead atoms. The summed E-state index contributed by atoms with van der Waals surface area (Å²) in [5.74, 6) is 0.860. The largest absolute Gasteiger partial charge is 0.383 e. The monoisotopic (exact) mass is 364 g/mol. The van der Waals surface area contributed by atoms with E-state index in [1.54, 1.807) is 0 Å². The molecule has 2 aliphatic rings. The zero-order chi connectivity index (χ0) is 18.2. The van der Waals surface area contributed by atoms with E-state index in [-0.39, 0.29) is 5.41 Å². The van der Waals surface area contributed by atoms with Gasteiger partial charge in [0.1, 0.15) is 5.01 Å². The van der Waals surface area contributed by atoms with Gasteiger partial charge in [-0.1, -0.05) is 34.6 Å². The molecule has 1 fully saturated rings. The number of ether oxygens (including phenoxy) is 1. The lowest BCUT2D eigenvalue weighted by Gasteiger charge is -2.39. The van der Waals surface area contributed by atoms with Crippen LogP contribution in [0.5, 0.6) is 0 Å². The maximum atomic E-state index is 5.38. The van der Waals surface area contributed by atoms with Crippen LogP contribution < -0.4 is 0 Å². The Morgan fingerprint density at radius 3 is 2.64 bits per heavy atom. The van der Waals surface area contributed by atoms with Crippen molar-refractivity contribution in [2.45, 2.75) is 84.7 Å². The van der Waals surface area contributed by atoms with E-state index in [1.165, 1.54) is 41.3 Å². The number of thiazole rings is 1. The molecule has 0 aromatic carbocycles. The Kier molecular flexibility index (Phi) is 5.63. The third kappa shape index (κ3) is 4.45. The smallest absolute Gasteiger partial charge is 0.107 e. The molecule has 2 unspecified atom stereocenters. The summed E-state index contributed by atoms with van der Waals surface area (Å²) >= 11 is 1.97. The maximum absolute atomic E-state index is 5.38. The fraction of sp³-hybridized carbons (Fsp3) is 0.857. The Morgan fingerprint density at radius 1 is 1.24 bits per heavy atom. The number of rotatable bonds is 6. The summed E-state index contributed by atoms with van der Waals surface area (Å²) in [4.78, 5) is 9.29. The van der Waals surface area contributed by atoms with Crippen molar-refractivity contribution < 1.29 is 4.74 Å². The fourth-order valence-corrected chi connectivity index (χ4v) is 6.40. The van der Waals surface area contributed by atoms with Crippen LogP contribution in [0, 0.1) is 11.3 Å². The van der Waals surface area contributed by atoms with Crippen LogP contribution in [0.1, 0.15) is 75.9 Å². The first-order valence-electron chi connectivity index (χ1n) is 9.92. The van der Waals surface area contributed by atoms with Crippen LogP contribution in [0.25, 0.3) is 0 Å². The summed E-state index contributed by atoms with van der Waals surface area (Å²) in [5, 5.41) is 1.31. The van der Waals surface area contributed by atoms with Gasteiger partial charge < -0.3 is 4.74 Å². The van der Waals surface area contributed by atoms with E-state index >= 15 is 0 Å². The van der Waals surface area contributed by atoms with E-state index < -0.39 is 0 Å². The third-order valence-corrected chi connectivity index (χ3v) is 7.48. The number of hydrogen-bond acceptors (Lipinski definition) is 4. The second-order valence-electron chi connectivity index (χ2n) is 9.82. The summed E-state index contributed by atoms with van der Waals surface area (Å²) in [6, 6.07) is 0.704. The average molecular weight is 365 g/mol. The quantitative estimate of drug-likeness (QED) is 0.708. The van der Waals surface area contributed by atoms with Crippen LogP contribution in [0.2, 0.25) is 0 Å². The van der Waals surface area contributed by atoms with Crippen LogP contribution in [0.3, 0.4) is 0 Å². The molecule has 1 saturated carbocycles. The molecule has 3 nitrogen and oxygen atoms in total. The minimum atomic E-state index is 0.256. The van der Waals surface area contributed by atoms with Crippen molar-refractivity contribution in [2.24, 2.45) is 11.3 Å². The summed E-state index contributed by atoms with van der Waals surface area (Å²) in [6.45, 7) is 14.8. The molecule has 2 aliphatic carbocycles. The molecule has 0 saturated heterocycles. The summed E-state index contributed by atoms with van der Waals surface area (Å²) in [6.07, 6.45) is 6.40. The van der Waals surface area contributed by atoms with Gasteiger partial charge in [0, 0.05) is 30.0 Å². The van der Waals surface area contributed by atoms with Crippen molar-refractivity contribution in [1.82, 2.24) is 9.88 Å². The second kappa shape index (κ2) is 7.28. The number of methoxy groups -OCH3 is 1. The second-order valence-corrected chi connectivity index (χ2v) is 10.9. The Morgan fingerprint density at radius 2 is 2.00 bits per heavy atom. The molecule has 25 heavy (non-hydrogen) atoms. The molecule has 1 aromatic heterocycles. The van der Waals surface area contributed by atoms with Gasteiger partial charge in [-0.2, -0.15) is 0 Å². The van der Waals surface area contributed by atoms with Crippen LogP contribution >= 0.6 is 11.3 Å². The highest BCUT2D eigenvalue weighted by Gasteiger charge is 2.40. The molecule has 2 atom stereocenters. The predicted octanol–water partition coefficient (Wildman–Crippen LogP) is 5.03. The number of nitrogens with zero attached hydrogens (tertiary/aromatic N) is 2. The van der Waals surface area contributed by atoms with Crippen molar-refractivity contribution in [3.8, 4) is 0 Å². The van der Waals surface area contributed by atoms with Crippen LogP contribution in [0.15, 0.2) is 0 Å². The Labute approximate surface area is 158 Å². The topological polar surface area (TPSA) is 25.4 Å². The van der Waals surface area contributed by atoms with Gasteiger partial charge in [-0.15, -0.1) is 11.3 Å². The van der Waals surface area contributed by atoms with E-state index in [0.717, 1.165) is 32.0 Å². The Balaban J connectivity index is 1.78. The molecule has 0 aliphatic heterocycles. The first kappa shape index (κ1) is 19.3. The highest BCUT2D eigenvalue weighted by atomic mass is 32.1. The standard InChI is InChI=1S/C21H36N2OS/c1-15-7-8-16(11-15)23(9-10-24-6)13-18-22-17-12-20(2,3)14-21(4,5)19(17)25-18/h15-16H,7-14H2,1-6H3. The molecule has 0 amide bonds. The predicted molar refractivity (Wildman–Crippen MR) is 106 cm³/mol. The Bertz CT molecular complexity index is 593. The summed E-state index contributed by atoms with van der Waals surface area (Å²) in [7, 11) is 1.81. The van der Waals surface area contributed by atoms with Gasteiger partial charge in [0.25, 0.3) is 0 Å². The minimum absolute atomic E-state index is 0.256. The van der Waals surface area contributed by atoms with Crippen LogP contribution in [-0.2, 0) is 23.1 Å². The fourth-order valence-electron chi connectivity index (χ4n) is 5.19. The molecule has 0 spiro atoms. The molecule has 0 radical (unpaired) electrons. The van der Waals surface area contributed by atoms with E-state index in [4.69, 9.17) is 9.72 Å². The molecule has 142 valence electrons. The SMILES string of the molecule is COCCN(Cc1nc2c(s1)C(C)(C)CC(C)(C)C2)C1CCC(C)C1. The number of aromatic nitrogens is 1. The highest BCUT2D eigenvalue weighted by molar-refractivity contribution is 7.11. The van der Waals surface area contributed by atoms with Crippen molar-refractivity contribution in [1.29, 1.82) is 0 Å². The molecular formula is C21H36N2OS. The molecule has 1 aromatic rings. The van der Waals surface area contributed by atoms with Crippen molar-refractivity contribution >= 4 is 11.3 Å². The lowest BCUT2D eigenvalue weighted by molar-refractivity contribution is 0.114. The lowest BCUT2D eigenvalue weighted by atomic mass is 9.67. The van der Waals surface area contributed by atoms with E-state index in [0.29, 0.717) is 11.5 Å². The lowest BCUT2D eigenvalue weighted by Crippen LogP contribution is -2.35. The van der Waals surface area contributed by atoms with Crippen molar-refractivity contribution in [3.05, 3.63) is 15.6 Å². The van der Waals surface area contributed by atoms with Gasteiger partial charge in [0.2, 0.25) is 0 Å². The van der Waals surface area contributed by atoms with Crippen LogP contribution in [0.4, 0.5) is 0 Å². The van der Waals surface area contributed by atoms with Gasteiger partial charge in [0.05, 0.1) is 18.8 Å². The zero-order valence-electron chi connectivity index (χ0n) is 17.0. The summed E-state index contributed by atoms with van der Waals surface area (Å²) < 4.78 is 5.38. The molecule has 4 heteroatoms. The van der Waals surface area contributed by atoms with Gasteiger partial charge in [-0.05, 0) is 43.4 Å². The van der Waals surface area contributed by atoms with E-state index in [2.05, 4.69) is 39.5 Å². The average Bonchev–Trinajstić information content (AvgIpc) is 3.08. The van der Waals surface area contributed by atoms with Gasteiger partial charge in [-0.3, -0.25) is 4.90 Å². The molecule has 0 N–H and O–H groups in total. The van der Waals surface area contributed by atoms with Gasteiger partial charge >= 0.3 is 0 Å². The van der Waals surface area contributed by atoms with Crippen molar-refractivity contribution in [2.75, 3.05) is 20.3 Å². The normalized spacial score (nSPS) is 27.6. The third-order valence-electron chi connectivity index (χ3n) is 6.03. The molecule has 1 heterocycles. The van der Waals surface area contributed by atoms with Gasteiger partial charge in [0.15, 0.2) is 0 Å². The van der Waals surface area contributed by atoms with E-state index in [9.17, 15) is 0 Å². The zero-order valence-corrected chi connectivity index (χ0v) is 17.8. The van der Waals surface area contributed by atoms with Crippen LogP contribution in [-0.4, -0.2) is 36.2 Å². The Hall–Kier alpha value is -0.450. The highest BCUT2D eigenvalue weighted by Crippen LogP contribution is 2.47. The first-order valence-corrected chi connectivity index (χ1v) is 10.7. The molecular weight excluding hydrogens is 328 g/mol. The minimum Gasteiger partial charge on any atom is -0.383 e. The van der Waals surface area contributed by atoms with Gasteiger partial charge in [-0.25, -0.2) is 4.98 Å². The van der Waals surface area contributed by atoms with E-state index in [1.807, 2.05) is 18.4 Å². The van der Waals surface area contributed by atoms with Crippen molar-refractivity contribution in [3.63, 3.8) is 0 Å². The summed E-state index contributed by atoms with van der Waals surface area (Å²) in [5.41, 5.74) is 1.98.